The molecule has 0 spiro atoms. The van der Waals surface area contributed by atoms with Crippen LogP contribution in [0.15, 0.2) is 35.1 Å². The number of aromatic nitrogens is 2. The number of fused-ring (bicyclic) bond motifs is 3. The van der Waals surface area contributed by atoms with Crippen LogP contribution >= 0.6 is 11.6 Å². The molecule has 2 aliphatic heterocycles. The highest BCUT2D eigenvalue weighted by molar-refractivity contribution is 6.30. The van der Waals surface area contributed by atoms with E-state index in [0.717, 1.165) is 18.9 Å². The van der Waals surface area contributed by atoms with Crippen molar-refractivity contribution in [2.24, 2.45) is 0 Å². The van der Waals surface area contributed by atoms with Crippen molar-refractivity contribution < 1.29 is 28.5 Å². The van der Waals surface area contributed by atoms with Gasteiger partial charge in [-0.05, 0) is 51.3 Å². The third-order valence-corrected chi connectivity index (χ3v) is 7.47. The van der Waals surface area contributed by atoms with Crippen molar-refractivity contribution in [3.63, 3.8) is 0 Å². The van der Waals surface area contributed by atoms with Gasteiger partial charge in [-0.25, -0.2) is 9.18 Å². The summed E-state index contributed by atoms with van der Waals surface area (Å²) in [7, 11) is 1.54. The van der Waals surface area contributed by atoms with Gasteiger partial charge in [-0.1, -0.05) is 23.7 Å². The predicted octanol–water partition coefficient (Wildman–Crippen LogP) is 4.07. The lowest BCUT2D eigenvalue weighted by Gasteiger charge is -2.40. The van der Waals surface area contributed by atoms with E-state index in [1.165, 1.54) is 4.57 Å². The Morgan fingerprint density at radius 1 is 1.25 bits per heavy atom. The number of ether oxygens (including phenoxy) is 3. The number of nitrogens with zero attached hydrogens (tertiary/aromatic N) is 3. The molecular formula is C28H32ClFN4O6. The number of halogens is 2. The number of pyridine rings is 2. The summed E-state index contributed by atoms with van der Waals surface area (Å²) < 4.78 is 33.4. The molecule has 2 aromatic heterocycles. The quantitative estimate of drug-likeness (QED) is 0.423. The number of piperazine rings is 1. The first-order valence-corrected chi connectivity index (χ1v) is 13.5. The van der Waals surface area contributed by atoms with Crippen molar-refractivity contribution in [1.29, 1.82) is 0 Å². The van der Waals surface area contributed by atoms with Crippen LogP contribution in [0.4, 0.5) is 9.18 Å². The summed E-state index contributed by atoms with van der Waals surface area (Å²) in [5.41, 5.74) is -0.759. The highest BCUT2D eigenvalue weighted by atomic mass is 35.5. The Labute approximate surface area is 235 Å². The van der Waals surface area contributed by atoms with E-state index in [1.807, 2.05) is 20.8 Å². The second kappa shape index (κ2) is 10.8. The molecule has 0 aliphatic carbocycles. The maximum Gasteiger partial charge on any atom is 0.410 e. The second-order valence-electron chi connectivity index (χ2n) is 11.1. The van der Waals surface area contributed by atoms with Gasteiger partial charge in [-0.15, -0.1) is 0 Å². The van der Waals surface area contributed by atoms with E-state index in [9.17, 15) is 14.7 Å². The molecule has 4 heterocycles. The first kappa shape index (κ1) is 28.0. The van der Waals surface area contributed by atoms with Gasteiger partial charge in [-0.3, -0.25) is 9.69 Å². The van der Waals surface area contributed by atoms with Crippen molar-refractivity contribution in [1.82, 2.24) is 19.8 Å². The molecule has 3 atom stereocenters. The molecule has 214 valence electrons. The number of rotatable bonds is 6. The number of hydrogen-bond acceptors (Lipinski definition) is 8. The molecular weight excluding hydrogens is 543 g/mol. The fourth-order valence-corrected chi connectivity index (χ4v) is 5.57. The molecule has 5 rings (SSSR count). The molecule has 2 saturated heterocycles. The summed E-state index contributed by atoms with van der Waals surface area (Å²) in [5.74, 6) is -0.906. The number of benzene rings is 1. The van der Waals surface area contributed by atoms with Crippen LogP contribution in [0.3, 0.4) is 0 Å². The fraction of sp³-hybridized carbons (Fsp3) is 0.464. The monoisotopic (exact) mass is 574 g/mol. The lowest BCUT2D eigenvalue weighted by atomic mass is 10.1. The minimum atomic E-state index is -0.948. The van der Waals surface area contributed by atoms with E-state index in [-0.39, 0.29) is 54.2 Å². The first-order chi connectivity index (χ1) is 19.0. The number of hydrogen-bond donors (Lipinski definition) is 2. The van der Waals surface area contributed by atoms with Crippen LogP contribution in [-0.4, -0.2) is 69.6 Å². The topological polar surface area (TPSA) is 115 Å². The Bertz CT molecular complexity index is 1490. The highest BCUT2D eigenvalue weighted by Crippen LogP contribution is 2.37. The van der Waals surface area contributed by atoms with Crippen LogP contribution in [0.2, 0.25) is 5.15 Å². The molecule has 40 heavy (non-hydrogen) atoms. The van der Waals surface area contributed by atoms with Gasteiger partial charge in [0.2, 0.25) is 5.88 Å². The van der Waals surface area contributed by atoms with Gasteiger partial charge in [0.1, 0.15) is 29.1 Å². The minimum Gasteiger partial charge on any atom is -0.507 e. The number of methoxy groups -OCH3 is 1. The average Bonchev–Trinajstić information content (AvgIpc) is 3.21. The number of carbonyl (C=O) groups is 1. The molecule has 2 N–H and O–H groups in total. The zero-order valence-corrected chi connectivity index (χ0v) is 23.5. The van der Waals surface area contributed by atoms with Crippen LogP contribution < -0.4 is 20.3 Å². The first-order valence-electron chi connectivity index (χ1n) is 13.1. The predicted molar refractivity (Wildman–Crippen MR) is 147 cm³/mol. The zero-order valence-electron chi connectivity index (χ0n) is 22.7. The molecule has 0 saturated carbocycles. The normalized spacial score (nSPS) is 20.6. The van der Waals surface area contributed by atoms with Crippen LogP contribution in [-0.2, 0) is 11.3 Å². The third-order valence-electron chi connectivity index (χ3n) is 7.22. The van der Waals surface area contributed by atoms with Crippen LogP contribution in [0, 0.1) is 5.82 Å². The van der Waals surface area contributed by atoms with E-state index in [1.54, 1.807) is 36.3 Å². The molecule has 2 bridgehead atoms. The van der Waals surface area contributed by atoms with Gasteiger partial charge in [0.15, 0.2) is 11.0 Å². The summed E-state index contributed by atoms with van der Waals surface area (Å²) in [6.07, 6.45) is 1.21. The van der Waals surface area contributed by atoms with E-state index in [4.69, 9.17) is 25.8 Å². The van der Waals surface area contributed by atoms with Crippen molar-refractivity contribution in [2.45, 2.75) is 63.9 Å². The molecule has 10 nitrogen and oxygen atoms in total. The lowest BCUT2D eigenvalue weighted by Crippen LogP contribution is -2.61. The number of nitrogens with one attached hydrogen (secondary N) is 1. The second-order valence-corrected chi connectivity index (χ2v) is 11.4. The van der Waals surface area contributed by atoms with Crippen molar-refractivity contribution >= 4 is 28.6 Å². The summed E-state index contributed by atoms with van der Waals surface area (Å²) in [5, 5.41) is 13.6. The standard InChI is InChI=1S/C28H32ClFN4O6/c1-28(2,3)40-27(37)34-16-7-10-19(34)18(31-12-16)14-39-26-22-20(35)11-21(36)33(24(22)23(30)25(29)32-26)13-15-5-8-17(38-4)9-6-15/h5-6,8-9,11,16,18-19,31,35H,7,10,12-14H2,1-4H3/t16-,18+,19+/m0/s1. The fourth-order valence-electron chi connectivity index (χ4n) is 5.41. The molecule has 2 aliphatic rings. The number of amides is 1. The van der Waals surface area contributed by atoms with Gasteiger partial charge in [0, 0.05) is 18.7 Å². The molecule has 0 unspecified atom stereocenters. The molecule has 12 heteroatoms. The summed E-state index contributed by atoms with van der Waals surface area (Å²) >= 11 is 6.16. The van der Waals surface area contributed by atoms with E-state index < -0.39 is 27.9 Å². The van der Waals surface area contributed by atoms with Gasteiger partial charge in [0.25, 0.3) is 5.56 Å². The third kappa shape index (κ3) is 5.40. The van der Waals surface area contributed by atoms with Crippen LogP contribution in [0.1, 0.15) is 39.2 Å². The van der Waals surface area contributed by atoms with Crippen molar-refractivity contribution in [2.75, 3.05) is 20.3 Å². The average molecular weight is 575 g/mol. The Balaban J connectivity index is 1.45. The summed E-state index contributed by atoms with van der Waals surface area (Å²) in [4.78, 5) is 31.7. The van der Waals surface area contributed by atoms with Crippen molar-refractivity contribution in [3.05, 3.63) is 57.2 Å². The van der Waals surface area contributed by atoms with Crippen LogP contribution in [0.5, 0.6) is 17.4 Å². The lowest BCUT2D eigenvalue weighted by molar-refractivity contribution is 0.00115. The van der Waals surface area contributed by atoms with Gasteiger partial charge < -0.3 is 29.2 Å². The van der Waals surface area contributed by atoms with E-state index in [0.29, 0.717) is 17.9 Å². The zero-order chi connectivity index (χ0) is 28.8. The smallest absolute Gasteiger partial charge is 0.410 e. The number of aromatic hydroxyl groups is 1. The van der Waals surface area contributed by atoms with Gasteiger partial charge in [0.05, 0.1) is 31.3 Å². The summed E-state index contributed by atoms with van der Waals surface area (Å²) in [6.45, 7) is 6.10. The number of carbonyl (C=O) groups excluding carboxylic acids is 1. The molecule has 2 fully saturated rings. The maximum atomic E-state index is 15.4. The highest BCUT2D eigenvalue weighted by Gasteiger charge is 2.46. The Kier molecular flexibility index (Phi) is 7.54. The van der Waals surface area contributed by atoms with E-state index >= 15 is 4.39 Å². The van der Waals surface area contributed by atoms with Crippen molar-refractivity contribution in [3.8, 4) is 17.4 Å². The maximum absolute atomic E-state index is 15.4. The largest absolute Gasteiger partial charge is 0.507 e. The van der Waals surface area contributed by atoms with Gasteiger partial charge in [-0.2, -0.15) is 4.98 Å². The molecule has 0 radical (unpaired) electrons. The molecule has 1 aromatic carbocycles. The minimum absolute atomic E-state index is 0.00873. The Morgan fingerprint density at radius 3 is 2.65 bits per heavy atom. The Morgan fingerprint density at radius 2 is 1.98 bits per heavy atom. The molecule has 3 aromatic rings. The van der Waals surface area contributed by atoms with Crippen LogP contribution in [0.25, 0.3) is 10.9 Å². The summed E-state index contributed by atoms with van der Waals surface area (Å²) in [6, 6.07) is 7.52. The Hall–Kier alpha value is -3.57. The SMILES string of the molecule is COc1ccc(Cn2c(=O)cc(O)c3c(OC[C@H]4NC[C@@H]5CC[C@H]4N5C(=O)OC(C)(C)C)nc(Cl)c(F)c32)cc1. The van der Waals surface area contributed by atoms with E-state index in [2.05, 4.69) is 10.3 Å². The van der Waals surface area contributed by atoms with Gasteiger partial charge >= 0.3 is 6.09 Å². The molecule has 1 amide bonds.